The van der Waals surface area contributed by atoms with Crippen LogP contribution in [0.2, 0.25) is 0 Å². The van der Waals surface area contributed by atoms with Crippen LogP contribution in [0.3, 0.4) is 0 Å². The lowest BCUT2D eigenvalue weighted by atomic mass is 10.2. The molecule has 0 saturated heterocycles. The molecular weight excluding hydrogens is 392 g/mol. The smallest absolute Gasteiger partial charge is 0.243 e. The first kappa shape index (κ1) is 22.4. The summed E-state index contributed by atoms with van der Waals surface area (Å²) in [6.07, 6.45) is 1.44. The molecule has 0 aliphatic rings. The van der Waals surface area contributed by atoms with E-state index in [0.29, 0.717) is 5.75 Å². The second kappa shape index (κ2) is 10.6. The highest BCUT2D eigenvalue weighted by Gasteiger charge is 2.25. The molecule has 0 aliphatic carbocycles. The second-order valence-electron chi connectivity index (χ2n) is 6.28. The van der Waals surface area contributed by atoms with E-state index in [2.05, 4.69) is 11.9 Å². The number of hydrogen-bond acceptors (Lipinski definition) is 5. The summed E-state index contributed by atoms with van der Waals surface area (Å²) in [5.41, 5.74) is 1.08. The van der Waals surface area contributed by atoms with Gasteiger partial charge in [0.05, 0.1) is 25.1 Å². The molecule has 156 valence electrons. The van der Waals surface area contributed by atoms with Crippen LogP contribution in [-0.2, 0) is 14.8 Å². The van der Waals surface area contributed by atoms with Crippen molar-refractivity contribution in [3.05, 3.63) is 66.7 Å². The number of sulfonamides is 1. The van der Waals surface area contributed by atoms with Crippen LogP contribution in [0.15, 0.2) is 66.1 Å². The third-order valence-corrected chi connectivity index (χ3v) is 5.86. The van der Waals surface area contributed by atoms with E-state index in [1.807, 2.05) is 31.2 Å². The van der Waals surface area contributed by atoms with Crippen LogP contribution in [0.5, 0.6) is 11.5 Å². The largest absolute Gasteiger partial charge is 0.497 e. The second-order valence-corrected chi connectivity index (χ2v) is 8.21. The van der Waals surface area contributed by atoms with Crippen LogP contribution >= 0.6 is 0 Å². The molecule has 0 aromatic heterocycles. The third-order valence-electron chi connectivity index (χ3n) is 4.03. The lowest BCUT2D eigenvalue weighted by Crippen LogP contribution is -2.41. The first-order valence-electron chi connectivity index (χ1n) is 9.08. The fourth-order valence-corrected chi connectivity index (χ4v) is 3.94. The minimum Gasteiger partial charge on any atom is -0.497 e. The lowest BCUT2D eigenvalue weighted by Gasteiger charge is -2.20. The summed E-state index contributed by atoms with van der Waals surface area (Å²) in [6.45, 7) is 5.79. The number of carbonyl (C=O) groups excluding carboxylic acids is 1. The Morgan fingerprint density at radius 1 is 1.17 bits per heavy atom. The number of aryl methyl sites for hydroxylation is 1. The zero-order chi connectivity index (χ0) is 21.3. The first-order chi connectivity index (χ1) is 13.9. The topological polar surface area (TPSA) is 84.9 Å². The Kier molecular flexibility index (Phi) is 8.23. The van der Waals surface area contributed by atoms with Gasteiger partial charge in [-0.05, 0) is 48.9 Å². The monoisotopic (exact) mass is 418 g/mol. The quantitative estimate of drug-likeness (QED) is 0.447. The Morgan fingerprint density at radius 3 is 2.52 bits per heavy atom. The van der Waals surface area contributed by atoms with E-state index in [1.54, 1.807) is 12.1 Å². The van der Waals surface area contributed by atoms with Crippen LogP contribution in [0.4, 0.5) is 0 Å². The lowest BCUT2D eigenvalue weighted by molar-refractivity contribution is -0.121. The molecule has 0 saturated carbocycles. The SMILES string of the molecule is C=CCN(CC(=O)NCCOc1cccc(C)c1)S(=O)(=O)c1ccc(OC)cc1. The normalized spacial score (nSPS) is 11.1. The number of amides is 1. The van der Waals surface area contributed by atoms with Gasteiger partial charge in [-0.1, -0.05) is 18.2 Å². The van der Waals surface area contributed by atoms with Crippen LogP contribution in [0.1, 0.15) is 5.56 Å². The number of ether oxygens (including phenoxy) is 2. The molecule has 0 atom stereocenters. The zero-order valence-electron chi connectivity index (χ0n) is 16.6. The number of nitrogens with zero attached hydrogens (tertiary/aromatic N) is 1. The van der Waals surface area contributed by atoms with Gasteiger partial charge in [0.2, 0.25) is 15.9 Å². The summed E-state index contributed by atoms with van der Waals surface area (Å²) in [5, 5.41) is 2.67. The molecule has 0 radical (unpaired) electrons. The van der Waals surface area contributed by atoms with E-state index in [4.69, 9.17) is 9.47 Å². The predicted molar refractivity (Wildman–Crippen MR) is 112 cm³/mol. The molecule has 0 unspecified atom stereocenters. The standard InChI is InChI=1S/C21H26N2O5S/c1-4-13-23(29(25,26)20-10-8-18(27-3)9-11-20)16-21(24)22-12-14-28-19-7-5-6-17(2)15-19/h4-11,15H,1,12-14,16H2,2-3H3,(H,22,24). The van der Waals surface area contributed by atoms with Crippen LogP contribution in [-0.4, -0.2) is 52.0 Å². The Morgan fingerprint density at radius 2 is 1.90 bits per heavy atom. The molecule has 2 aromatic rings. The van der Waals surface area contributed by atoms with Gasteiger partial charge in [0, 0.05) is 6.54 Å². The number of hydrogen-bond donors (Lipinski definition) is 1. The van der Waals surface area contributed by atoms with Gasteiger partial charge < -0.3 is 14.8 Å². The van der Waals surface area contributed by atoms with Gasteiger partial charge in [0.15, 0.2) is 0 Å². The molecule has 0 aliphatic heterocycles. The first-order valence-corrected chi connectivity index (χ1v) is 10.5. The molecule has 0 bridgehead atoms. The number of rotatable bonds is 11. The molecule has 0 spiro atoms. The van der Waals surface area contributed by atoms with E-state index in [9.17, 15) is 13.2 Å². The Bertz CT molecular complexity index is 926. The Labute approximate surface area is 172 Å². The third kappa shape index (κ3) is 6.62. The summed E-state index contributed by atoms with van der Waals surface area (Å²) in [7, 11) is -2.35. The molecule has 8 heteroatoms. The maximum Gasteiger partial charge on any atom is 0.243 e. The number of methoxy groups -OCH3 is 1. The minimum atomic E-state index is -3.85. The minimum absolute atomic E-state index is 0.0155. The number of carbonyl (C=O) groups is 1. The van der Waals surface area contributed by atoms with Crippen molar-refractivity contribution in [2.75, 3.05) is 33.4 Å². The van der Waals surface area contributed by atoms with Gasteiger partial charge in [0.25, 0.3) is 0 Å². The maximum absolute atomic E-state index is 12.8. The zero-order valence-corrected chi connectivity index (χ0v) is 17.4. The molecular formula is C21H26N2O5S. The van der Waals surface area contributed by atoms with Crippen LogP contribution < -0.4 is 14.8 Å². The number of benzene rings is 2. The summed E-state index contributed by atoms with van der Waals surface area (Å²) >= 11 is 0. The molecule has 0 heterocycles. The van der Waals surface area contributed by atoms with E-state index in [0.717, 1.165) is 15.6 Å². The molecule has 2 rings (SSSR count). The van der Waals surface area contributed by atoms with Gasteiger partial charge in [-0.25, -0.2) is 8.42 Å². The number of nitrogens with one attached hydrogen (secondary N) is 1. The van der Waals surface area contributed by atoms with Gasteiger partial charge >= 0.3 is 0 Å². The highest BCUT2D eigenvalue weighted by atomic mass is 32.2. The summed E-state index contributed by atoms with van der Waals surface area (Å²) < 4.78 is 37.4. The average molecular weight is 419 g/mol. The van der Waals surface area contributed by atoms with Gasteiger partial charge in [0.1, 0.15) is 18.1 Å². The van der Waals surface area contributed by atoms with Crippen LogP contribution in [0, 0.1) is 6.92 Å². The van der Waals surface area contributed by atoms with E-state index < -0.39 is 15.9 Å². The van der Waals surface area contributed by atoms with Gasteiger partial charge in [-0.15, -0.1) is 6.58 Å². The maximum atomic E-state index is 12.8. The van der Waals surface area contributed by atoms with E-state index in [-0.39, 0.29) is 31.1 Å². The Hall–Kier alpha value is -2.84. The van der Waals surface area contributed by atoms with Crippen molar-refractivity contribution in [2.24, 2.45) is 0 Å². The molecule has 0 fully saturated rings. The van der Waals surface area contributed by atoms with Crippen molar-refractivity contribution in [3.8, 4) is 11.5 Å². The molecule has 7 nitrogen and oxygen atoms in total. The van der Waals surface area contributed by atoms with E-state index >= 15 is 0 Å². The molecule has 1 amide bonds. The van der Waals surface area contributed by atoms with E-state index in [1.165, 1.54) is 25.3 Å². The Balaban J connectivity index is 1.92. The predicted octanol–water partition coefficient (Wildman–Crippen LogP) is 2.38. The van der Waals surface area contributed by atoms with Crippen LogP contribution in [0.25, 0.3) is 0 Å². The summed E-state index contributed by atoms with van der Waals surface area (Å²) in [4.78, 5) is 12.3. The molecule has 29 heavy (non-hydrogen) atoms. The van der Waals surface area contributed by atoms with Crippen molar-refractivity contribution in [1.29, 1.82) is 0 Å². The van der Waals surface area contributed by atoms with Crippen molar-refractivity contribution in [1.82, 2.24) is 9.62 Å². The van der Waals surface area contributed by atoms with Crippen molar-refractivity contribution in [3.63, 3.8) is 0 Å². The average Bonchev–Trinajstić information content (AvgIpc) is 2.71. The fourth-order valence-electron chi connectivity index (χ4n) is 2.57. The summed E-state index contributed by atoms with van der Waals surface area (Å²) in [6, 6.07) is 13.6. The highest BCUT2D eigenvalue weighted by molar-refractivity contribution is 7.89. The molecule has 2 aromatic carbocycles. The van der Waals surface area contributed by atoms with Crippen molar-refractivity contribution < 1.29 is 22.7 Å². The molecule has 1 N–H and O–H groups in total. The highest BCUT2D eigenvalue weighted by Crippen LogP contribution is 2.19. The summed E-state index contributed by atoms with van der Waals surface area (Å²) in [5.74, 6) is 0.844. The van der Waals surface area contributed by atoms with Gasteiger partial charge in [-0.3, -0.25) is 4.79 Å². The van der Waals surface area contributed by atoms with Crippen molar-refractivity contribution in [2.45, 2.75) is 11.8 Å². The van der Waals surface area contributed by atoms with Crippen molar-refractivity contribution >= 4 is 15.9 Å². The van der Waals surface area contributed by atoms with Gasteiger partial charge in [-0.2, -0.15) is 4.31 Å². The fraction of sp³-hybridized carbons (Fsp3) is 0.286.